The van der Waals surface area contributed by atoms with Gasteiger partial charge in [-0.3, -0.25) is 19.8 Å². The third kappa shape index (κ3) is 3.10. The molecule has 1 aliphatic rings. The van der Waals surface area contributed by atoms with Crippen molar-refractivity contribution in [1.82, 2.24) is 10.2 Å². The second-order valence-electron chi connectivity index (χ2n) is 4.64. The molecule has 0 aromatic heterocycles. The summed E-state index contributed by atoms with van der Waals surface area (Å²) in [5.41, 5.74) is 0.817. The number of carbonyl (C=O) groups is 3. The van der Waals surface area contributed by atoms with Crippen molar-refractivity contribution in [2.24, 2.45) is 5.92 Å². The molecule has 0 aliphatic carbocycles. The molecule has 1 aromatic carbocycles. The van der Waals surface area contributed by atoms with Crippen molar-refractivity contribution < 1.29 is 19.1 Å². The summed E-state index contributed by atoms with van der Waals surface area (Å²) >= 11 is 0. The first-order valence-corrected chi connectivity index (χ1v) is 6.47. The van der Waals surface area contributed by atoms with Crippen LogP contribution in [0.15, 0.2) is 36.9 Å². The van der Waals surface area contributed by atoms with Gasteiger partial charge in [0.25, 0.3) is 0 Å². The zero-order chi connectivity index (χ0) is 15.4. The van der Waals surface area contributed by atoms with Crippen LogP contribution >= 0.6 is 0 Å². The van der Waals surface area contributed by atoms with E-state index in [-0.39, 0.29) is 13.0 Å². The molecule has 6 heteroatoms. The molecule has 0 saturated carbocycles. The molecule has 1 aliphatic heterocycles. The SMILES string of the molecule is C=CCN1C(=O)NC(=O)C(Cc2ccc(OC)cc2)C1=O. The third-order valence-corrected chi connectivity index (χ3v) is 3.27. The van der Waals surface area contributed by atoms with Gasteiger partial charge in [-0.25, -0.2) is 4.79 Å². The second-order valence-corrected chi connectivity index (χ2v) is 4.64. The minimum atomic E-state index is -0.906. The van der Waals surface area contributed by atoms with E-state index in [1.54, 1.807) is 31.4 Å². The van der Waals surface area contributed by atoms with Crippen molar-refractivity contribution in [2.45, 2.75) is 6.42 Å². The highest BCUT2D eigenvalue weighted by Gasteiger charge is 2.39. The van der Waals surface area contributed by atoms with Crippen LogP contribution in [0.1, 0.15) is 5.56 Å². The molecule has 2 rings (SSSR count). The maximum absolute atomic E-state index is 12.2. The van der Waals surface area contributed by atoms with Crippen LogP contribution in [-0.4, -0.2) is 36.4 Å². The predicted octanol–water partition coefficient (Wildman–Crippen LogP) is 1.12. The molecule has 0 radical (unpaired) electrons. The van der Waals surface area contributed by atoms with Gasteiger partial charge in [-0.05, 0) is 24.1 Å². The monoisotopic (exact) mass is 288 g/mol. The summed E-state index contributed by atoms with van der Waals surface area (Å²) in [6.07, 6.45) is 1.67. The summed E-state index contributed by atoms with van der Waals surface area (Å²) in [4.78, 5) is 36.7. The largest absolute Gasteiger partial charge is 0.497 e. The second kappa shape index (κ2) is 6.21. The van der Waals surface area contributed by atoms with Crippen LogP contribution < -0.4 is 10.1 Å². The number of imide groups is 2. The average molecular weight is 288 g/mol. The van der Waals surface area contributed by atoms with Gasteiger partial charge >= 0.3 is 6.03 Å². The van der Waals surface area contributed by atoms with Crippen molar-refractivity contribution in [3.63, 3.8) is 0 Å². The molecule has 0 bridgehead atoms. The number of ether oxygens (including phenoxy) is 1. The molecule has 4 amide bonds. The van der Waals surface area contributed by atoms with Crippen molar-refractivity contribution >= 4 is 17.8 Å². The van der Waals surface area contributed by atoms with Crippen LogP contribution in [0.4, 0.5) is 4.79 Å². The maximum atomic E-state index is 12.2. The van der Waals surface area contributed by atoms with E-state index in [2.05, 4.69) is 11.9 Å². The third-order valence-electron chi connectivity index (χ3n) is 3.27. The van der Waals surface area contributed by atoms with E-state index in [4.69, 9.17) is 4.74 Å². The van der Waals surface area contributed by atoms with Gasteiger partial charge in [0, 0.05) is 6.54 Å². The number of carbonyl (C=O) groups excluding carboxylic acids is 3. The Morgan fingerprint density at radius 2 is 1.95 bits per heavy atom. The molecule has 1 unspecified atom stereocenters. The fraction of sp³-hybridized carbons (Fsp3) is 0.267. The van der Waals surface area contributed by atoms with Crippen LogP contribution in [0, 0.1) is 5.92 Å². The molecule has 1 aromatic rings. The lowest BCUT2D eigenvalue weighted by atomic mass is 9.95. The number of barbiturate groups is 1. The van der Waals surface area contributed by atoms with Crippen LogP contribution in [0.3, 0.4) is 0 Å². The fourth-order valence-corrected chi connectivity index (χ4v) is 2.14. The Morgan fingerprint density at radius 3 is 2.52 bits per heavy atom. The molecule has 1 atom stereocenters. The topological polar surface area (TPSA) is 75.7 Å². The fourth-order valence-electron chi connectivity index (χ4n) is 2.14. The quantitative estimate of drug-likeness (QED) is 0.650. The Morgan fingerprint density at radius 1 is 1.29 bits per heavy atom. The first-order chi connectivity index (χ1) is 10.1. The van der Waals surface area contributed by atoms with Gasteiger partial charge in [0.15, 0.2) is 0 Å². The zero-order valence-corrected chi connectivity index (χ0v) is 11.7. The van der Waals surface area contributed by atoms with Gasteiger partial charge in [-0.15, -0.1) is 6.58 Å². The number of benzene rings is 1. The van der Waals surface area contributed by atoms with E-state index >= 15 is 0 Å². The summed E-state index contributed by atoms with van der Waals surface area (Å²) in [6.45, 7) is 3.58. The van der Waals surface area contributed by atoms with Crippen LogP contribution in [-0.2, 0) is 16.0 Å². The first-order valence-electron chi connectivity index (χ1n) is 6.47. The van der Waals surface area contributed by atoms with Crippen LogP contribution in [0.5, 0.6) is 5.75 Å². The van der Waals surface area contributed by atoms with E-state index in [9.17, 15) is 14.4 Å². The number of urea groups is 1. The maximum Gasteiger partial charge on any atom is 0.331 e. The first kappa shape index (κ1) is 14.8. The minimum absolute atomic E-state index is 0.0804. The van der Waals surface area contributed by atoms with Crippen LogP contribution in [0.2, 0.25) is 0 Å². The molecule has 6 nitrogen and oxygen atoms in total. The van der Waals surface area contributed by atoms with Crippen LogP contribution in [0.25, 0.3) is 0 Å². The smallest absolute Gasteiger partial charge is 0.331 e. The molecular weight excluding hydrogens is 272 g/mol. The summed E-state index contributed by atoms with van der Waals surface area (Å²) in [5.74, 6) is -1.28. The summed E-state index contributed by atoms with van der Waals surface area (Å²) in [5, 5.41) is 2.19. The molecule has 0 spiro atoms. The zero-order valence-electron chi connectivity index (χ0n) is 11.7. The van der Waals surface area contributed by atoms with E-state index in [0.29, 0.717) is 5.75 Å². The lowest BCUT2D eigenvalue weighted by molar-refractivity contribution is -0.142. The lowest BCUT2D eigenvalue weighted by Crippen LogP contribution is -2.58. The van der Waals surface area contributed by atoms with Gasteiger partial charge < -0.3 is 4.74 Å². The Labute approximate surface area is 122 Å². The average Bonchev–Trinajstić information content (AvgIpc) is 2.48. The summed E-state index contributed by atoms with van der Waals surface area (Å²) in [6, 6.07) is 6.39. The Bertz CT molecular complexity index is 580. The highest BCUT2D eigenvalue weighted by Crippen LogP contribution is 2.18. The molecule has 1 saturated heterocycles. The van der Waals surface area contributed by atoms with Gasteiger partial charge in [0.05, 0.1) is 7.11 Å². The van der Waals surface area contributed by atoms with E-state index in [1.165, 1.54) is 6.08 Å². The number of nitrogens with zero attached hydrogens (tertiary/aromatic N) is 1. The molecular formula is C15H16N2O4. The normalized spacial score (nSPS) is 18.4. The summed E-state index contributed by atoms with van der Waals surface area (Å²) < 4.78 is 5.05. The molecule has 21 heavy (non-hydrogen) atoms. The molecule has 1 N–H and O–H groups in total. The molecule has 110 valence electrons. The van der Waals surface area contributed by atoms with E-state index in [1.807, 2.05) is 0 Å². The number of amides is 4. The minimum Gasteiger partial charge on any atom is -0.497 e. The van der Waals surface area contributed by atoms with Gasteiger partial charge in [0.2, 0.25) is 11.8 Å². The number of rotatable bonds is 5. The van der Waals surface area contributed by atoms with E-state index < -0.39 is 23.8 Å². The number of nitrogens with one attached hydrogen (secondary N) is 1. The molecule has 1 fully saturated rings. The number of hydrogen-bond donors (Lipinski definition) is 1. The Balaban J connectivity index is 2.16. The Kier molecular flexibility index (Phi) is 4.37. The van der Waals surface area contributed by atoms with E-state index in [0.717, 1.165) is 10.5 Å². The standard InChI is InChI=1S/C15H16N2O4/c1-3-8-17-14(19)12(13(18)16-15(17)20)9-10-4-6-11(21-2)7-5-10/h3-7,12H,1,8-9H2,2H3,(H,16,18,20). The molecule has 1 heterocycles. The highest BCUT2D eigenvalue weighted by molar-refractivity contribution is 6.16. The van der Waals surface area contributed by atoms with Gasteiger partial charge in [-0.1, -0.05) is 18.2 Å². The van der Waals surface area contributed by atoms with Gasteiger partial charge in [0.1, 0.15) is 11.7 Å². The number of methoxy groups -OCH3 is 1. The van der Waals surface area contributed by atoms with Crippen molar-refractivity contribution in [1.29, 1.82) is 0 Å². The number of hydrogen-bond acceptors (Lipinski definition) is 4. The predicted molar refractivity (Wildman–Crippen MR) is 75.6 cm³/mol. The summed E-state index contributed by atoms with van der Waals surface area (Å²) in [7, 11) is 1.56. The Hall–Kier alpha value is -2.63. The van der Waals surface area contributed by atoms with Crippen molar-refractivity contribution in [3.05, 3.63) is 42.5 Å². The van der Waals surface area contributed by atoms with Crippen molar-refractivity contribution in [2.75, 3.05) is 13.7 Å². The van der Waals surface area contributed by atoms with Crippen molar-refractivity contribution in [3.8, 4) is 5.75 Å². The van der Waals surface area contributed by atoms with Gasteiger partial charge in [-0.2, -0.15) is 0 Å². The highest BCUT2D eigenvalue weighted by atomic mass is 16.5. The lowest BCUT2D eigenvalue weighted by Gasteiger charge is -2.29.